The molecule has 0 aromatic carbocycles. The van der Waals surface area contributed by atoms with Crippen LogP contribution in [0.1, 0.15) is 38.3 Å². The Morgan fingerprint density at radius 3 is 2.23 bits per heavy atom. The fourth-order valence-corrected chi connectivity index (χ4v) is 1.51. The van der Waals surface area contributed by atoms with Crippen LogP contribution < -0.4 is 5.73 Å². The molecule has 0 aliphatic rings. The average Bonchev–Trinajstić information content (AvgIpc) is 2.44. The highest BCUT2D eigenvalue weighted by atomic mass is 15.3. The van der Waals surface area contributed by atoms with E-state index in [1.165, 1.54) is 0 Å². The van der Waals surface area contributed by atoms with Gasteiger partial charge in [0, 0.05) is 7.05 Å². The minimum Gasteiger partial charge on any atom is -0.319 e. The average molecular weight is 182 g/mol. The first-order chi connectivity index (χ1) is 6.03. The van der Waals surface area contributed by atoms with E-state index in [2.05, 4.69) is 23.9 Å². The van der Waals surface area contributed by atoms with E-state index in [-0.39, 0.29) is 5.54 Å². The Balaban J connectivity index is 3.11. The van der Waals surface area contributed by atoms with E-state index >= 15 is 0 Å². The molecule has 0 atom stereocenters. The van der Waals surface area contributed by atoms with Gasteiger partial charge in [0.15, 0.2) is 0 Å². The molecule has 1 rings (SSSR count). The highest BCUT2D eigenvalue weighted by Gasteiger charge is 2.28. The normalized spacial score (nSPS) is 12.1. The molecule has 74 valence electrons. The zero-order valence-corrected chi connectivity index (χ0v) is 8.83. The highest BCUT2D eigenvalue weighted by Crippen LogP contribution is 2.23. The van der Waals surface area contributed by atoms with Crippen LogP contribution in [0.4, 0.5) is 0 Å². The minimum absolute atomic E-state index is 0.323. The maximum Gasteiger partial charge on any atom is 0.147 e. The molecule has 0 unspecified atom stereocenters. The van der Waals surface area contributed by atoms with Gasteiger partial charge in [-0.1, -0.05) is 13.8 Å². The van der Waals surface area contributed by atoms with E-state index in [0.29, 0.717) is 0 Å². The van der Waals surface area contributed by atoms with Crippen molar-refractivity contribution >= 4 is 0 Å². The number of hydrogen-bond acceptors (Lipinski definition) is 3. The molecule has 0 bridgehead atoms. The molecular formula is C9H18N4. The van der Waals surface area contributed by atoms with Crippen molar-refractivity contribution in [2.75, 3.05) is 0 Å². The number of rotatable bonds is 3. The summed E-state index contributed by atoms with van der Waals surface area (Å²) in [5.41, 5.74) is 5.89. The van der Waals surface area contributed by atoms with Crippen molar-refractivity contribution in [1.82, 2.24) is 14.8 Å². The largest absolute Gasteiger partial charge is 0.319 e. The van der Waals surface area contributed by atoms with Crippen molar-refractivity contribution in [1.29, 1.82) is 0 Å². The van der Waals surface area contributed by atoms with Crippen molar-refractivity contribution in [2.24, 2.45) is 12.8 Å². The maximum absolute atomic E-state index is 6.21. The van der Waals surface area contributed by atoms with Crippen LogP contribution in [0.5, 0.6) is 0 Å². The summed E-state index contributed by atoms with van der Waals surface area (Å²) in [5.74, 6) is 1.67. The predicted molar refractivity (Wildman–Crippen MR) is 52.2 cm³/mol. The van der Waals surface area contributed by atoms with Crippen LogP contribution in [0.15, 0.2) is 0 Å². The quantitative estimate of drug-likeness (QED) is 0.761. The fourth-order valence-electron chi connectivity index (χ4n) is 1.51. The first-order valence-corrected chi connectivity index (χ1v) is 4.70. The van der Waals surface area contributed by atoms with Crippen LogP contribution in [-0.2, 0) is 12.6 Å². The van der Waals surface area contributed by atoms with Crippen LogP contribution >= 0.6 is 0 Å². The number of nitrogens with zero attached hydrogens (tertiary/aromatic N) is 3. The van der Waals surface area contributed by atoms with E-state index < -0.39 is 0 Å². The molecule has 4 heteroatoms. The first kappa shape index (κ1) is 10.2. The lowest BCUT2D eigenvalue weighted by molar-refractivity contribution is 0.370. The molecular weight excluding hydrogens is 164 g/mol. The van der Waals surface area contributed by atoms with Gasteiger partial charge in [0.25, 0.3) is 0 Å². The third-order valence-electron chi connectivity index (χ3n) is 2.58. The molecule has 2 N–H and O–H groups in total. The second kappa shape index (κ2) is 3.46. The molecule has 0 fully saturated rings. The van der Waals surface area contributed by atoms with E-state index in [4.69, 9.17) is 5.73 Å². The van der Waals surface area contributed by atoms with Crippen molar-refractivity contribution in [3.05, 3.63) is 11.6 Å². The van der Waals surface area contributed by atoms with Gasteiger partial charge in [-0.25, -0.2) is 4.98 Å². The number of nitrogens with two attached hydrogens (primary N) is 1. The van der Waals surface area contributed by atoms with Crippen LogP contribution in [0.2, 0.25) is 0 Å². The van der Waals surface area contributed by atoms with Gasteiger partial charge in [-0.15, -0.1) is 0 Å². The molecule has 0 aliphatic heterocycles. The Morgan fingerprint density at radius 2 is 1.92 bits per heavy atom. The predicted octanol–water partition coefficient (Wildman–Crippen LogP) is 1.10. The first-order valence-electron chi connectivity index (χ1n) is 4.70. The van der Waals surface area contributed by atoms with Gasteiger partial charge < -0.3 is 5.73 Å². The monoisotopic (exact) mass is 182 g/mol. The van der Waals surface area contributed by atoms with Gasteiger partial charge in [0.05, 0.1) is 5.54 Å². The second-order valence-corrected chi connectivity index (χ2v) is 3.47. The number of aromatic nitrogens is 3. The van der Waals surface area contributed by atoms with Crippen molar-refractivity contribution in [3.8, 4) is 0 Å². The minimum atomic E-state index is -0.323. The highest BCUT2D eigenvalue weighted by molar-refractivity contribution is 5.05. The summed E-state index contributed by atoms with van der Waals surface area (Å²) in [6.45, 7) is 6.04. The van der Waals surface area contributed by atoms with Gasteiger partial charge in [0.1, 0.15) is 11.6 Å². The molecule has 1 heterocycles. The van der Waals surface area contributed by atoms with Crippen LogP contribution in [0, 0.1) is 6.92 Å². The zero-order valence-electron chi connectivity index (χ0n) is 8.83. The Labute approximate surface area is 79.2 Å². The van der Waals surface area contributed by atoms with Gasteiger partial charge in [-0.05, 0) is 19.8 Å². The van der Waals surface area contributed by atoms with Crippen LogP contribution in [0.3, 0.4) is 0 Å². The molecule has 1 aromatic rings. The van der Waals surface area contributed by atoms with Crippen LogP contribution in [0.25, 0.3) is 0 Å². The Morgan fingerprint density at radius 1 is 1.38 bits per heavy atom. The Hall–Kier alpha value is -0.900. The Bertz CT molecular complexity index is 286. The van der Waals surface area contributed by atoms with E-state index in [0.717, 1.165) is 24.5 Å². The summed E-state index contributed by atoms with van der Waals surface area (Å²) in [6, 6.07) is 0. The third-order valence-corrected chi connectivity index (χ3v) is 2.58. The summed E-state index contributed by atoms with van der Waals surface area (Å²) in [4.78, 5) is 4.35. The summed E-state index contributed by atoms with van der Waals surface area (Å²) >= 11 is 0. The lowest BCUT2D eigenvalue weighted by atomic mass is 9.93. The van der Waals surface area contributed by atoms with Crippen LogP contribution in [-0.4, -0.2) is 14.8 Å². The SMILES string of the molecule is CCC(N)(CC)c1nc(C)nn1C. The molecule has 0 spiro atoms. The molecule has 13 heavy (non-hydrogen) atoms. The third kappa shape index (κ3) is 1.72. The van der Waals surface area contributed by atoms with Gasteiger partial charge in [-0.2, -0.15) is 5.10 Å². The second-order valence-electron chi connectivity index (χ2n) is 3.47. The van der Waals surface area contributed by atoms with Gasteiger partial charge in [0.2, 0.25) is 0 Å². The lowest BCUT2D eigenvalue weighted by Gasteiger charge is -2.24. The van der Waals surface area contributed by atoms with Crippen molar-refractivity contribution in [2.45, 2.75) is 39.2 Å². The van der Waals surface area contributed by atoms with Gasteiger partial charge in [-0.3, -0.25) is 4.68 Å². The maximum atomic E-state index is 6.21. The summed E-state index contributed by atoms with van der Waals surface area (Å²) in [5, 5.41) is 4.20. The fraction of sp³-hybridized carbons (Fsp3) is 0.778. The zero-order chi connectivity index (χ0) is 10.1. The summed E-state index contributed by atoms with van der Waals surface area (Å²) in [6.07, 6.45) is 1.77. The lowest BCUT2D eigenvalue weighted by Crippen LogP contribution is -2.38. The van der Waals surface area contributed by atoms with E-state index in [9.17, 15) is 0 Å². The molecule has 0 aliphatic carbocycles. The molecule has 0 saturated carbocycles. The number of aryl methyl sites for hydroxylation is 2. The van der Waals surface area contributed by atoms with E-state index in [1.54, 1.807) is 4.68 Å². The number of hydrogen-bond donors (Lipinski definition) is 1. The molecule has 0 saturated heterocycles. The molecule has 1 aromatic heterocycles. The van der Waals surface area contributed by atoms with E-state index in [1.807, 2.05) is 14.0 Å². The standard InChI is InChI=1S/C9H18N4/c1-5-9(10,6-2)8-11-7(3)12-13(8)4/h5-6,10H2,1-4H3. The molecule has 0 radical (unpaired) electrons. The van der Waals surface area contributed by atoms with Crippen molar-refractivity contribution in [3.63, 3.8) is 0 Å². The molecule has 4 nitrogen and oxygen atoms in total. The summed E-state index contributed by atoms with van der Waals surface area (Å²) < 4.78 is 1.78. The van der Waals surface area contributed by atoms with Crippen molar-refractivity contribution < 1.29 is 0 Å². The topological polar surface area (TPSA) is 56.7 Å². The Kier molecular flexibility index (Phi) is 2.71. The smallest absolute Gasteiger partial charge is 0.147 e. The summed E-state index contributed by atoms with van der Waals surface area (Å²) in [7, 11) is 1.89. The van der Waals surface area contributed by atoms with Gasteiger partial charge >= 0.3 is 0 Å². The molecule has 0 amide bonds.